The van der Waals surface area contributed by atoms with Crippen LogP contribution in [-0.2, 0) is 14.4 Å². The summed E-state index contributed by atoms with van der Waals surface area (Å²) in [6, 6.07) is 16.7. The Bertz CT molecular complexity index is 1550. The molecule has 4 rings (SSSR count). The number of benzene rings is 3. The van der Waals surface area contributed by atoms with Crippen molar-refractivity contribution in [2.75, 3.05) is 38.0 Å². The van der Waals surface area contributed by atoms with Crippen molar-refractivity contribution in [1.29, 1.82) is 0 Å². The van der Waals surface area contributed by atoms with E-state index in [0.717, 1.165) is 16.7 Å². The van der Waals surface area contributed by atoms with Gasteiger partial charge in [0, 0.05) is 10.2 Å². The third kappa shape index (κ3) is 7.60. The van der Waals surface area contributed by atoms with Crippen molar-refractivity contribution in [3.8, 4) is 17.2 Å². The fourth-order valence-corrected chi connectivity index (χ4v) is 4.94. The number of thioether (sulfide) groups is 1. The number of nitrogens with zero attached hydrogens (tertiary/aromatic N) is 1. The number of para-hydroxylation sites is 2. The lowest BCUT2D eigenvalue weighted by Gasteiger charge is -2.13. The van der Waals surface area contributed by atoms with E-state index in [2.05, 4.69) is 26.6 Å². The van der Waals surface area contributed by atoms with Crippen molar-refractivity contribution in [2.24, 2.45) is 0 Å². The highest BCUT2D eigenvalue weighted by Gasteiger charge is 2.36. The molecule has 1 aliphatic rings. The van der Waals surface area contributed by atoms with Crippen LogP contribution in [0, 0.1) is 0 Å². The molecule has 0 saturated carbocycles. The van der Waals surface area contributed by atoms with Crippen LogP contribution in [0.2, 0.25) is 5.02 Å². The average molecular weight is 661 g/mol. The number of imide groups is 1. The second-order valence-electron chi connectivity index (χ2n) is 8.39. The van der Waals surface area contributed by atoms with Crippen LogP contribution in [0.1, 0.15) is 5.56 Å². The van der Waals surface area contributed by atoms with Gasteiger partial charge in [0.25, 0.3) is 17.1 Å². The van der Waals surface area contributed by atoms with Gasteiger partial charge in [-0.05, 0) is 81.8 Å². The van der Waals surface area contributed by atoms with Gasteiger partial charge in [-0.1, -0.05) is 29.8 Å². The third-order valence-corrected chi connectivity index (χ3v) is 7.74. The van der Waals surface area contributed by atoms with E-state index in [1.807, 2.05) is 0 Å². The summed E-state index contributed by atoms with van der Waals surface area (Å²) in [5, 5.41) is 5.17. The molecule has 0 unspecified atom stereocenters. The van der Waals surface area contributed by atoms with Gasteiger partial charge in [0.05, 0.1) is 29.8 Å². The molecule has 1 saturated heterocycles. The van der Waals surface area contributed by atoms with Crippen LogP contribution >= 0.6 is 39.3 Å². The zero-order valence-electron chi connectivity index (χ0n) is 21.7. The highest BCUT2D eigenvalue weighted by molar-refractivity contribution is 9.10. The van der Waals surface area contributed by atoms with Gasteiger partial charge >= 0.3 is 0 Å². The van der Waals surface area contributed by atoms with Crippen LogP contribution in [0.3, 0.4) is 0 Å². The largest absolute Gasteiger partial charge is 0.495 e. The Morgan fingerprint density at radius 2 is 1.71 bits per heavy atom. The molecule has 0 atom stereocenters. The van der Waals surface area contributed by atoms with Gasteiger partial charge in [-0.15, -0.1) is 0 Å². The number of ether oxygens (including phenoxy) is 3. The summed E-state index contributed by atoms with van der Waals surface area (Å²) in [5.41, 5.74) is 1.49. The van der Waals surface area contributed by atoms with Gasteiger partial charge in [0.15, 0.2) is 18.1 Å². The molecule has 2 N–H and O–H groups in total. The summed E-state index contributed by atoms with van der Waals surface area (Å²) in [5.74, 6) is -0.418. The minimum atomic E-state index is -0.601. The molecule has 1 heterocycles. The number of hydrogen-bond donors (Lipinski definition) is 2. The molecule has 0 radical (unpaired) electrons. The molecule has 3 aromatic rings. The molecule has 0 spiro atoms. The fourth-order valence-electron chi connectivity index (χ4n) is 3.68. The first-order valence-electron chi connectivity index (χ1n) is 11.9. The maximum Gasteiger partial charge on any atom is 0.294 e. The normalized spacial score (nSPS) is 13.8. The molecule has 212 valence electrons. The van der Waals surface area contributed by atoms with Crippen molar-refractivity contribution in [3.05, 3.63) is 80.6 Å². The maximum absolute atomic E-state index is 12.9. The number of amides is 4. The lowest BCUT2D eigenvalue weighted by molar-refractivity contribution is -0.127. The molecule has 0 bridgehead atoms. The molecule has 3 aromatic carbocycles. The number of anilines is 2. The minimum Gasteiger partial charge on any atom is -0.495 e. The van der Waals surface area contributed by atoms with Crippen molar-refractivity contribution < 1.29 is 33.4 Å². The van der Waals surface area contributed by atoms with Crippen molar-refractivity contribution in [2.45, 2.75) is 0 Å². The highest BCUT2D eigenvalue weighted by atomic mass is 79.9. The van der Waals surface area contributed by atoms with E-state index < -0.39 is 29.5 Å². The lowest BCUT2D eigenvalue weighted by Crippen LogP contribution is -2.36. The fraction of sp³-hybridized carbons (Fsp3) is 0.143. The van der Waals surface area contributed by atoms with Gasteiger partial charge in [0.2, 0.25) is 5.91 Å². The van der Waals surface area contributed by atoms with Gasteiger partial charge in [0.1, 0.15) is 12.3 Å². The SMILES string of the molecule is COc1ccccc1NC(=O)COc1ccc(/C=C2\SC(=O)N(CC(=O)Nc3ccc(Br)c(Cl)c3)C2=O)cc1OC. The molecule has 1 aliphatic heterocycles. The number of methoxy groups -OCH3 is 2. The maximum atomic E-state index is 12.9. The van der Waals surface area contributed by atoms with Crippen LogP contribution in [0.5, 0.6) is 17.2 Å². The topological polar surface area (TPSA) is 123 Å². The Balaban J connectivity index is 1.38. The van der Waals surface area contributed by atoms with Gasteiger partial charge in [-0.2, -0.15) is 0 Å². The Morgan fingerprint density at radius 1 is 0.951 bits per heavy atom. The van der Waals surface area contributed by atoms with Crippen molar-refractivity contribution in [3.63, 3.8) is 0 Å². The molecule has 4 amide bonds. The smallest absolute Gasteiger partial charge is 0.294 e. The van der Waals surface area contributed by atoms with E-state index in [0.29, 0.717) is 43.7 Å². The number of halogens is 2. The van der Waals surface area contributed by atoms with Gasteiger partial charge < -0.3 is 24.8 Å². The number of nitrogens with one attached hydrogen (secondary N) is 2. The lowest BCUT2D eigenvalue weighted by atomic mass is 10.2. The summed E-state index contributed by atoms with van der Waals surface area (Å²) in [7, 11) is 2.94. The second kappa shape index (κ2) is 13.6. The van der Waals surface area contributed by atoms with Crippen LogP contribution in [0.15, 0.2) is 70.0 Å². The minimum absolute atomic E-state index is 0.140. The monoisotopic (exact) mass is 659 g/mol. The highest BCUT2D eigenvalue weighted by Crippen LogP contribution is 2.35. The molecular weight excluding hydrogens is 638 g/mol. The number of carbonyl (C=O) groups is 4. The van der Waals surface area contributed by atoms with E-state index in [9.17, 15) is 19.2 Å². The summed E-state index contributed by atoms with van der Waals surface area (Å²) >= 11 is 10.0. The average Bonchev–Trinajstić information content (AvgIpc) is 3.21. The zero-order valence-corrected chi connectivity index (χ0v) is 24.9. The molecule has 13 heteroatoms. The van der Waals surface area contributed by atoms with E-state index in [4.69, 9.17) is 25.8 Å². The first-order chi connectivity index (χ1) is 19.7. The summed E-state index contributed by atoms with van der Waals surface area (Å²) in [6.45, 7) is -0.746. The Morgan fingerprint density at radius 3 is 2.44 bits per heavy atom. The predicted molar refractivity (Wildman–Crippen MR) is 161 cm³/mol. The summed E-state index contributed by atoms with van der Waals surface area (Å²) < 4.78 is 16.9. The molecule has 10 nitrogen and oxygen atoms in total. The number of carbonyl (C=O) groups excluding carboxylic acids is 4. The summed E-state index contributed by atoms with van der Waals surface area (Å²) in [4.78, 5) is 51.3. The standard InChI is InChI=1S/C28H23BrClN3O7S/c1-38-21-6-4-3-5-20(21)32-26(35)15-40-22-10-7-16(11-23(22)39-2)12-24-27(36)33(28(37)41-24)14-25(34)31-17-8-9-18(29)19(30)13-17/h3-13H,14-15H2,1-2H3,(H,31,34)(H,32,35)/b24-12-. The third-order valence-electron chi connectivity index (χ3n) is 5.60. The molecule has 0 aromatic heterocycles. The van der Waals surface area contributed by atoms with Crippen LogP contribution in [-0.4, -0.2) is 55.2 Å². The quantitative estimate of drug-likeness (QED) is 0.261. The summed E-state index contributed by atoms with van der Waals surface area (Å²) in [6.07, 6.45) is 1.51. The van der Waals surface area contributed by atoms with Crippen molar-refractivity contribution in [1.82, 2.24) is 4.90 Å². The van der Waals surface area contributed by atoms with Crippen LogP contribution in [0.25, 0.3) is 6.08 Å². The number of hydrogen-bond acceptors (Lipinski definition) is 8. The number of rotatable bonds is 10. The van der Waals surface area contributed by atoms with E-state index >= 15 is 0 Å². The Kier molecular flexibility index (Phi) is 9.92. The van der Waals surface area contributed by atoms with Crippen LogP contribution < -0.4 is 24.8 Å². The van der Waals surface area contributed by atoms with Gasteiger partial charge in [-0.3, -0.25) is 24.1 Å². The van der Waals surface area contributed by atoms with Crippen molar-refractivity contribution >= 4 is 79.7 Å². The first kappa shape index (κ1) is 30.0. The van der Waals surface area contributed by atoms with E-state index in [1.165, 1.54) is 20.3 Å². The molecule has 1 fully saturated rings. The predicted octanol–water partition coefficient (Wildman–Crippen LogP) is 5.81. The first-order valence-corrected chi connectivity index (χ1v) is 13.9. The Hall–Kier alpha value is -4.00. The van der Waals surface area contributed by atoms with E-state index in [1.54, 1.807) is 60.7 Å². The van der Waals surface area contributed by atoms with E-state index in [-0.39, 0.29) is 11.5 Å². The molecular formula is C28H23BrClN3O7S. The van der Waals surface area contributed by atoms with Crippen LogP contribution in [0.4, 0.5) is 16.2 Å². The zero-order chi connectivity index (χ0) is 29.5. The Labute approximate surface area is 253 Å². The van der Waals surface area contributed by atoms with Gasteiger partial charge in [-0.25, -0.2) is 0 Å². The molecule has 0 aliphatic carbocycles. The molecule has 41 heavy (non-hydrogen) atoms. The second-order valence-corrected chi connectivity index (χ2v) is 10.6.